The van der Waals surface area contributed by atoms with Crippen molar-refractivity contribution < 1.29 is 60.8 Å². The zero-order valence-electron chi connectivity index (χ0n) is 59.6. The Hall–Kier alpha value is -8.63. The van der Waals surface area contributed by atoms with Crippen LogP contribution in [0.3, 0.4) is 0 Å². The molecule has 4 aromatic carbocycles. The summed E-state index contributed by atoms with van der Waals surface area (Å²) in [7, 11) is -4.42. The maximum atomic E-state index is 14.5. The van der Waals surface area contributed by atoms with E-state index < -0.39 is 40.6 Å². The number of allylic oxidation sites excluding steroid dienone is 7. The van der Waals surface area contributed by atoms with Crippen LogP contribution < -0.4 is 35.1 Å². The molecule has 6 aromatic rings. The van der Waals surface area contributed by atoms with Crippen molar-refractivity contribution in [1.82, 2.24) is 20.9 Å². The van der Waals surface area contributed by atoms with E-state index >= 15 is 0 Å². The zero-order valence-corrected chi connectivity index (χ0v) is 62.0. The number of aryl methyl sites for hydroxylation is 2. The number of fused-ring (bicyclic) bond motifs is 3. The van der Waals surface area contributed by atoms with Crippen LogP contribution in [0.4, 0.5) is 16.2 Å². The Kier molecular flexibility index (Phi) is 27.2. The number of carboxylic acid groups (broad SMARTS) is 1. The van der Waals surface area contributed by atoms with Crippen LogP contribution in [0, 0.1) is 13.8 Å². The molecule has 102 heavy (non-hydrogen) atoms. The van der Waals surface area contributed by atoms with Gasteiger partial charge in [-0.1, -0.05) is 86.2 Å². The van der Waals surface area contributed by atoms with Crippen molar-refractivity contribution in [3.8, 4) is 17.2 Å². The number of thiophene rings is 2. The molecule has 0 saturated carbocycles. The van der Waals surface area contributed by atoms with Crippen LogP contribution in [0.15, 0.2) is 166 Å². The number of ether oxygens (including phenoxy) is 3. The second-order valence-electron chi connectivity index (χ2n) is 27.7. The van der Waals surface area contributed by atoms with Crippen LogP contribution in [0.2, 0.25) is 0 Å². The van der Waals surface area contributed by atoms with Gasteiger partial charge in [0.1, 0.15) is 29.9 Å². The summed E-state index contributed by atoms with van der Waals surface area (Å²) in [5.74, 6) is 1.32. The molecule has 2 atom stereocenters. The van der Waals surface area contributed by atoms with Gasteiger partial charge in [-0.25, -0.2) is 4.79 Å². The Morgan fingerprint density at radius 1 is 0.755 bits per heavy atom. The molecule has 0 radical (unpaired) electrons. The third kappa shape index (κ3) is 21.0. The van der Waals surface area contributed by atoms with Crippen molar-refractivity contribution >= 4 is 79.5 Å². The summed E-state index contributed by atoms with van der Waals surface area (Å²) in [6.45, 7) is 13.8. The van der Waals surface area contributed by atoms with Crippen LogP contribution in [-0.2, 0) is 54.2 Å². The number of aliphatic carboxylic acids is 1. The highest BCUT2D eigenvalue weighted by Crippen LogP contribution is 2.43. The first-order valence-electron chi connectivity index (χ1n) is 36.2. The molecule has 2 aromatic heterocycles. The van der Waals surface area contributed by atoms with Crippen molar-refractivity contribution in [2.45, 2.75) is 205 Å². The Morgan fingerprint density at radius 2 is 1.47 bits per heavy atom. The Labute approximate surface area is 609 Å². The Balaban J connectivity index is 0.692. The minimum Gasteiger partial charge on any atom is -0.481 e. The van der Waals surface area contributed by atoms with E-state index in [-0.39, 0.29) is 41.1 Å². The van der Waals surface area contributed by atoms with Crippen molar-refractivity contribution in [2.24, 2.45) is 0 Å². The van der Waals surface area contributed by atoms with Crippen LogP contribution in [-0.4, -0.2) is 95.3 Å². The van der Waals surface area contributed by atoms with Crippen LogP contribution >= 0.6 is 22.7 Å². The first kappa shape index (κ1) is 76.0. The number of hydrogen-bond donors (Lipinski definition) is 5. The lowest BCUT2D eigenvalue weighted by molar-refractivity contribution is -0.438. The van der Waals surface area contributed by atoms with Gasteiger partial charge in [0.15, 0.2) is 17.2 Å². The molecule has 0 bridgehead atoms. The Bertz CT molecular complexity index is 4160. The number of ketones is 1. The van der Waals surface area contributed by atoms with Gasteiger partial charge in [0.2, 0.25) is 24.3 Å². The maximum absolute atomic E-state index is 14.5. The van der Waals surface area contributed by atoms with E-state index in [1.165, 1.54) is 57.7 Å². The number of benzene rings is 4. The summed E-state index contributed by atoms with van der Waals surface area (Å²) >= 11 is 3.07. The fourth-order valence-electron chi connectivity index (χ4n) is 13.9. The molecule has 5 N–H and O–H groups in total. The lowest BCUT2D eigenvalue weighted by atomic mass is 9.80. The van der Waals surface area contributed by atoms with E-state index in [2.05, 4.69) is 115 Å². The van der Waals surface area contributed by atoms with E-state index in [4.69, 9.17) is 14.2 Å². The molecular weight excluding hydrogens is 1350 g/mol. The summed E-state index contributed by atoms with van der Waals surface area (Å²) in [6.07, 6.45) is 23.1. The van der Waals surface area contributed by atoms with Gasteiger partial charge >= 0.3 is 12.0 Å². The summed E-state index contributed by atoms with van der Waals surface area (Å²) in [6, 6.07) is 30.0. The normalized spacial score (nSPS) is 16.0. The largest absolute Gasteiger partial charge is 0.481 e. The smallest absolute Gasteiger partial charge is 0.315 e. The average Bonchev–Trinajstić information content (AvgIpc) is 1.59. The number of nitrogens with zero attached hydrogens (tertiary/aromatic N) is 3. The number of anilines is 1. The van der Waals surface area contributed by atoms with Gasteiger partial charge < -0.3 is 45.1 Å². The van der Waals surface area contributed by atoms with Crippen LogP contribution in [0.25, 0.3) is 0 Å². The van der Waals surface area contributed by atoms with Crippen LogP contribution in [0.1, 0.15) is 193 Å². The first-order chi connectivity index (χ1) is 49.2. The van der Waals surface area contributed by atoms with Gasteiger partial charge in [-0.05, 0) is 204 Å². The molecule has 4 amide bonds. The summed E-state index contributed by atoms with van der Waals surface area (Å²) < 4.78 is 55.2. The molecule has 0 unspecified atom stereocenters. The molecule has 3 aliphatic heterocycles. The molecular formula is C81H99N6O12S3+. The van der Waals surface area contributed by atoms with E-state index in [1.807, 2.05) is 47.2 Å². The number of carbonyl (C=O) groups is 5. The fraction of sp³-hybridized carbons (Fsp3) is 0.432. The predicted molar refractivity (Wildman–Crippen MR) is 403 cm³/mol. The SMILES string of the molecule is CCCCC[N+]1=C(C=CC2=C(Oc3ccc(C)cc3)C(=CC=C3Cc4cc(S(=O)(=O)O)ccc4N3CCCCCC(=O)CCCCCCC(=O)NCCCC[C@H](NC(=O)N[C@@H](CC(=O)O)c3ccc4c(c3)OCO4)C(=O)N(Cc3cccs3)Cc3cccs3)CCC2)C(C)(C)c2cc(C)ccc21. The van der Waals surface area contributed by atoms with E-state index in [0.29, 0.717) is 88.2 Å². The summed E-state index contributed by atoms with van der Waals surface area (Å²) in [4.78, 5) is 72.3. The first-order valence-corrected chi connectivity index (χ1v) is 39.4. The van der Waals surface area contributed by atoms with Crippen LogP contribution in [0.5, 0.6) is 17.2 Å². The van der Waals surface area contributed by atoms with E-state index in [0.717, 1.165) is 132 Å². The van der Waals surface area contributed by atoms with E-state index in [1.54, 1.807) is 35.2 Å². The third-order valence-electron chi connectivity index (χ3n) is 19.5. The van der Waals surface area contributed by atoms with E-state index in [9.17, 15) is 42.0 Å². The van der Waals surface area contributed by atoms with Gasteiger partial charge in [0.25, 0.3) is 10.1 Å². The molecule has 4 aliphatic rings. The van der Waals surface area contributed by atoms with Crippen molar-refractivity contribution in [3.05, 3.63) is 198 Å². The Morgan fingerprint density at radius 3 is 2.18 bits per heavy atom. The number of unbranched alkanes of at least 4 members (excludes halogenated alkanes) is 8. The standard InChI is InChI=1S/C81H98N6O12S3/c1-6-7-16-45-87-72-39-31-57(3)48-68(72)81(4,5)75(87)42-34-59-22-18-21-58(78(59)99-64-36-29-56(2)30-37-64)32-35-62-49-61-50-67(102(94,95)96)38-40-71(61)86(62)44-17-10-12-24-63(88)23-11-8-9-13-28-76(89)82-43-15-14-27-69(79(92)85(53-65-25-19-46-100-65)54-66-26-20-47-101-66)83-80(93)84-70(52-77(90)91)60-33-41-73-74(51-60)98-55-97-73/h19-20,25-26,29-42,46-48,50-51,69-70H,6-18,21-24,27-28,43-45,49,52-55H2,1-5H3,(H4-,82,83,84,89,90,91,93,94,95,96)/p+1/t69-,70-/m0/s1. The zero-order chi connectivity index (χ0) is 72.2. The predicted octanol–water partition coefficient (Wildman–Crippen LogP) is 16.8. The monoisotopic (exact) mass is 1440 g/mol. The number of urea groups is 1. The number of carbonyl (C=O) groups excluding carboxylic acids is 4. The maximum Gasteiger partial charge on any atom is 0.315 e. The summed E-state index contributed by atoms with van der Waals surface area (Å²) in [5, 5.41) is 22.4. The van der Waals surface area contributed by atoms with Gasteiger partial charge in [0, 0.05) is 84.0 Å². The molecule has 18 nitrogen and oxygen atoms in total. The van der Waals surface area contributed by atoms with Gasteiger partial charge in [-0.3, -0.25) is 23.7 Å². The molecule has 0 spiro atoms. The van der Waals surface area contributed by atoms with Gasteiger partial charge in [-0.15, -0.1) is 22.7 Å². The van der Waals surface area contributed by atoms with Crippen molar-refractivity contribution in [3.63, 3.8) is 0 Å². The minimum absolute atomic E-state index is 0.0335. The second kappa shape index (κ2) is 36.5. The lowest BCUT2D eigenvalue weighted by Crippen LogP contribution is -2.51. The molecule has 542 valence electrons. The number of amides is 4. The van der Waals surface area contributed by atoms with Gasteiger partial charge in [0.05, 0.1) is 35.9 Å². The molecule has 21 heteroatoms. The molecule has 0 saturated heterocycles. The molecule has 1 aliphatic carbocycles. The number of carboxylic acids is 1. The van der Waals surface area contributed by atoms with Crippen molar-refractivity contribution in [1.29, 1.82) is 0 Å². The average molecular weight is 1440 g/mol. The minimum atomic E-state index is -4.42. The number of Topliss-reactive ketones (excluding diaryl/α,β-unsaturated/α-hetero) is 1. The van der Waals surface area contributed by atoms with Crippen molar-refractivity contribution in [2.75, 3.05) is 31.3 Å². The quantitative estimate of drug-likeness (QED) is 0.0138. The molecule has 10 rings (SSSR count). The molecule has 5 heterocycles. The summed E-state index contributed by atoms with van der Waals surface area (Å²) in [5.41, 5.74) is 11.5. The second-order valence-corrected chi connectivity index (χ2v) is 31.2. The highest BCUT2D eigenvalue weighted by molar-refractivity contribution is 7.85. The molecule has 0 fully saturated rings. The third-order valence-corrected chi connectivity index (χ3v) is 22.0. The number of rotatable bonds is 38. The lowest BCUT2D eigenvalue weighted by Gasteiger charge is -2.28. The number of nitrogens with one attached hydrogen (secondary N) is 3. The number of hydrogen-bond acceptors (Lipinski definition) is 13. The fourth-order valence-corrected chi connectivity index (χ4v) is 15.9. The highest BCUT2D eigenvalue weighted by Gasteiger charge is 2.44. The van der Waals surface area contributed by atoms with Gasteiger partial charge in [-0.2, -0.15) is 13.0 Å². The topological polar surface area (TPSA) is 233 Å². The highest BCUT2D eigenvalue weighted by atomic mass is 32.2.